The van der Waals surface area contributed by atoms with Crippen LogP contribution in [0, 0.1) is 12.8 Å². The van der Waals surface area contributed by atoms with E-state index in [0.29, 0.717) is 31.7 Å². The van der Waals surface area contributed by atoms with Crippen LogP contribution in [0.3, 0.4) is 0 Å². The van der Waals surface area contributed by atoms with Crippen LogP contribution in [0.5, 0.6) is 0 Å². The van der Waals surface area contributed by atoms with E-state index in [1.54, 1.807) is 11.0 Å². The number of hydrogen-bond donors (Lipinski definition) is 1. The van der Waals surface area contributed by atoms with Crippen LogP contribution < -0.4 is 5.56 Å². The minimum absolute atomic E-state index is 0.105. The number of rotatable bonds is 3. The van der Waals surface area contributed by atoms with E-state index in [9.17, 15) is 14.4 Å². The van der Waals surface area contributed by atoms with E-state index in [-0.39, 0.29) is 23.3 Å². The standard InChI is InChI=1S/C17H21N5O3/c1-11-7-14-18-16(24)13(10-22(14)19-11)17(25)21-6-4-12(9-21)8-20-5-2-3-15(20)23/h7,10,12H,2-6,8-9H2,1H3,(H,18,24). The van der Waals surface area contributed by atoms with Gasteiger partial charge in [-0.25, -0.2) is 4.52 Å². The lowest BCUT2D eigenvalue weighted by atomic mass is 10.1. The van der Waals surface area contributed by atoms with E-state index in [1.165, 1.54) is 10.7 Å². The topological polar surface area (TPSA) is 90.8 Å². The Morgan fingerprint density at radius 1 is 1.36 bits per heavy atom. The molecule has 8 nitrogen and oxygen atoms in total. The number of amides is 2. The number of likely N-dealkylation sites (tertiary alicyclic amines) is 2. The molecule has 25 heavy (non-hydrogen) atoms. The fraction of sp³-hybridized carbons (Fsp3) is 0.529. The summed E-state index contributed by atoms with van der Waals surface area (Å²) in [6, 6.07) is 1.76. The van der Waals surface area contributed by atoms with Gasteiger partial charge >= 0.3 is 0 Å². The van der Waals surface area contributed by atoms with Crippen LogP contribution in [0.25, 0.3) is 5.65 Å². The zero-order valence-corrected chi connectivity index (χ0v) is 14.2. The van der Waals surface area contributed by atoms with Gasteiger partial charge in [0, 0.05) is 44.9 Å². The number of aryl methyl sites for hydroxylation is 1. The summed E-state index contributed by atoms with van der Waals surface area (Å²) in [6.07, 6.45) is 3.91. The zero-order chi connectivity index (χ0) is 17.6. The van der Waals surface area contributed by atoms with Gasteiger partial charge in [0.15, 0.2) is 0 Å². The van der Waals surface area contributed by atoms with Crippen LogP contribution in [-0.2, 0) is 4.79 Å². The lowest BCUT2D eigenvalue weighted by Crippen LogP contribution is -2.36. The van der Waals surface area contributed by atoms with Gasteiger partial charge in [0.2, 0.25) is 5.91 Å². The van der Waals surface area contributed by atoms with Crippen molar-refractivity contribution < 1.29 is 9.59 Å². The van der Waals surface area contributed by atoms with Gasteiger partial charge in [0.05, 0.1) is 5.69 Å². The molecule has 2 aromatic heterocycles. The molecule has 2 saturated heterocycles. The van der Waals surface area contributed by atoms with Crippen LogP contribution in [0.1, 0.15) is 35.3 Å². The van der Waals surface area contributed by atoms with Crippen molar-refractivity contribution in [3.63, 3.8) is 0 Å². The molecule has 2 aliphatic rings. The number of H-pyrrole nitrogens is 1. The van der Waals surface area contributed by atoms with Gasteiger partial charge in [-0.05, 0) is 25.7 Å². The number of aromatic amines is 1. The van der Waals surface area contributed by atoms with E-state index >= 15 is 0 Å². The second kappa shape index (κ2) is 6.02. The van der Waals surface area contributed by atoms with Crippen molar-refractivity contribution in [3.05, 3.63) is 33.9 Å². The highest BCUT2D eigenvalue weighted by Crippen LogP contribution is 2.21. The molecule has 2 aliphatic heterocycles. The summed E-state index contributed by atoms with van der Waals surface area (Å²) >= 11 is 0. The quantitative estimate of drug-likeness (QED) is 0.874. The minimum Gasteiger partial charge on any atom is -0.342 e. The Bertz CT molecular complexity index is 899. The van der Waals surface area contributed by atoms with Gasteiger partial charge in [-0.15, -0.1) is 0 Å². The van der Waals surface area contributed by atoms with Crippen LogP contribution in [0.15, 0.2) is 17.1 Å². The zero-order valence-electron chi connectivity index (χ0n) is 14.2. The Balaban J connectivity index is 1.49. The summed E-state index contributed by atoms with van der Waals surface area (Å²) in [5.74, 6) is 0.216. The first-order chi connectivity index (χ1) is 12.0. The molecule has 4 rings (SSSR count). The second-order valence-electron chi connectivity index (χ2n) is 6.96. The number of nitrogens with zero attached hydrogens (tertiary/aromatic N) is 4. The van der Waals surface area contributed by atoms with Gasteiger partial charge in [0.25, 0.3) is 11.5 Å². The molecule has 4 heterocycles. The molecule has 0 aliphatic carbocycles. The normalized spacial score (nSPS) is 20.8. The average Bonchev–Trinajstić information content (AvgIpc) is 3.27. The van der Waals surface area contributed by atoms with Crippen molar-refractivity contribution in [1.82, 2.24) is 24.4 Å². The molecule has 132 valence electrons. The molecule has 0 bridgehead atoms. The van der Waals surface area contributed by atoms with Crippen molar-refractivity contribution in [3.8, 4) is 0 Å². The summed E-state index contributed by atoms with van der Waals surface area (Å²) in [5.41, 5.74) is 1.06. The van der Waals surface area contributed by atoms with E-state index in [1.807, 2.05) is 11.8 Å². The smallest absolute Gasteiger partial charge is 0.264 e. The number of fused-ring (bicyclic) bond motifs is 1. The van der Waals surface area contributed by atoms with E-state index in [4.69, 9.17) is 0 Å². The maximum Gasteiger partial charge on any atom is 0.264 e. The Labute approximate surface area is 144 Å². The third-order valence-electron chi connectivity index (χ3n) is 5.05. The third-order valence-corrected chi connectivity index (χ3v) is 5.05. The molecule has 0 aromatic carbocycles. The van der Waals surface area contributed by atoms with Crippen molar-refractivity contribution >= 4 is 17.5 Å². The van der Waals surface area contributed by atoms with Gasteiger partial charge < -0.3 is 14.8 Å². The Morgan fingerprint density at radius 2 is 2.20 bits per heavy atom. The molecule has 2 aromatic rings. The van der Waals surface area contributed by atoms with Crippen LogP contribution in [0.2, 0.25) is 0 Å². The fourth-order valence-electron chi connectivity index (χ4n) is 3.77. The highest BCUT2D eigenvalue weighted by atomic mass is 16.2. The minimum atomic E-state index is -0.393. The van der Waals surface area contributed by atoms with E-state index < -0.39 is 5.56 Å². The highest BCUT2D eigenvalue weighted by Gasteiger charge is 2.31. The van der Waals surface area contributed by atoms with Crippen molar-refractivity contribution in [2.24, 2.45) is 5.92 Å². The maximum atomic E-state index is 12.7. The summed E-state index contributed by atoms with van der Waals surface area (Å²) < 4.78 is 1.53. The number of carbonyl (C=O) groups is 2. The SMILES string of the molecule is Cc1cc2[nH]c(=O)c(C(=O)N3CCC(CN4CCCC4=O)C3)cn2n1. The first-order valence-electron chi connectivity index (χ1n) is 8.67. The molecule has 1 N–H and O–H groups in total. The van der Waals surface area contributed by atoms with Crippen LogP contribution in [-0.4, -0.2) is 62.4 Å². The summed E-state index contributed by atoms with van der Waals surface area (Å²) in [7, 11) is 0. The highest BCUT2D eigenvalue weighted by molar-refractivity contribution is 5.94. The average molecular weight is 343 g/mol. The molecular weight excluding hydrogens is 322 g/mol. The van der Waals surface area contributed by atoms with Crippen molar-refractivity contribution in [2.45, 2.75) is 26.2 Å². The van der Waals surface area contributed by atoms with Gasteiger partial charge in [-0.1, -0.05) is 0 Å². The number of carbonyl (C=O) groups excluding carboxylic acids is 2. The Morgan fingerprint density at radius 3 is 2.96 bits per heavy atom. The lowest BCUT2D eigenvalue weighted by molar-refractivity contribution is -0.128. The molecule has 0 spiro atoms. The molecule has 0 saturated carbocycles. The molecular formula is C17H21N5O3. The van der Waals surface area contributed by atoms with Gasteiger partial charge in [-0.2, -0.15) is 5.10 Å². The molecule has 2 fully saturated rings. The monoisotopic (exact) mass is 343 g/mol. The molecule has 1 atom stereocenters. The Hall–Kier alpha value is -2.64. The number of hydrogen-bond acceptors (Lipinski definition) is 4. The van der Waals surface area contributed by atoms with Gasteiger partial charge in [-0.3, -0.25) is 14.4 Å². The van der Waals surface area contributed by atoms with Crippen molar-refractivity contribution in [1.29, 1.82) is 0 Å². The first-order valence-corrected chi connectivity index (χ1v) is 8.67. The predicted molar refractivity (Wildman–Crippen MR) is 90.4 cm³/mol. The lowest BCUT2D eigenvalue weighted by Gasteiger charge is -2.21. The number of nitrogens with one attached hydrogen (secondary N) is 1. The Kier molecular flexibility index (Phi) is 3.82. The maximum absolute atomic E-state index is 12.7. The molecule has 0 radical (unpaired) electrons. The van der Waals surface area contributed by atoms with Gasteiger partial charge in [0.1, 0.15) is 11.2 Å². The van der Waals surface area contributed by atoms with E-state index in [2.05, 4.69) is 10.1 Å². The van der Waals surface area contributed by atoms with Crippen LogP contribution >= 0.6 is 0 Å². The fourth-order valence-corrected chi connectivity index (χ4v) is 3.77. The molecule has 8 heteroatoms. The van der Waals surface area contributed by atoms with Crippen LogP contribution in [0.4, 0.5) is 0 Å². The predicted octanol–water partition coefficient (Wildman–Crippen LogP) is 0.416. The molecule has 1 unspecified atom stereocenters. The van der Waals surface area contributed by atoms with Crippen molar-refractivity contribution in [2.75, 3.05) is 26.2 Å². The summed E-state index contributed by atoms with van der Waals surface area (Å²) in [5, 5.41) is 4.25. The summed E-state index contributed by atoms with van der Waals surface area (Å²) in [4.78, 5) is 43.1. The molecule has 2 amide bonds. The number of aromatic nitrogens is 3. The van der Waals surface area contributed by atoms with E-state index in [0.717, 1.165) is 25.1 Å². The third kappa shape index (κ3) is 2.92. The second-order valence-corrected chi connectivity index (χ2v) is 6.96. The first kappa shape index (κ1) is 15.9. The largest absolute Gasteiger partial charge is 0.342 e. The summed E-state index contributed by atoms with van der Waals surface area (Å²) in [6.45, 7) is 4.55.